The van der Waals surface area contributed by atoms with Gasteiger partial charge in [-0.25, -0.2) is 4.79 Å². The fourth-order valence-electron chi connectivity index (χ4n) is 2.52. The fourth-order valence-corrected chi connectivity index (χ4v) is 2.52. The predicted molar refractivity (Wildman–Crippen MR) is 75.1 cm³/mol. The molecule has 1 saturated carbocycles. The van der Waals surface area contributed by atoms with E-state index in [0.717, 1.165) is 24.8 Å². The summed E-state index contributed by atoms with van der Waals surface area (Å²) in [5, 5.41) is 3.07. The summed E-state index contributed by atoms with van der Waals surface area (Å²) in [6, 6.07) is 9.97. The van der Waals surface area contributed by atoms with Crippen molar-refractivity contribution in [3.63, 3.8) is 0 Å². The van der Waals surface area contributed by atoms with E-state index < -0.39 is 6.09 Å². The molecular weight excluding hydrogens is 256 g/mol. The summed E-state index contributed by atoms with van der Waals surface area (Å²) in [5.74, 6) is -0.165. The van der Waals surface area contributed by atoms with Crippen LogP contribution in [0.2, 0.25) is 0 Å². The van der Waals surface area contributed by atoms with Crippen LogP contribution in [0.15, 0.2) is 30.3 Å². The number of methoxy groups -OCH3 is 1. The largest absolute Gasteiger partial charge is 0.453 e. The molecule has 1 aliphatic rings. The van der Waals surface area contributed by atoms with Gasteiger partial charge in [-0.2, -0.15) is 0 Å². The van der Waals surface area contributed by atoms with Crippen LogP contribution in [0.3, 0.4) is 0 Å². The Morgan fingerprint density at radius 1 is 1.30 bits per heavy atom. The van der Waals surface area contributed by atoms with Crippen molar-refractivity contribution in [2.45, 2.75) is 24.8 Å². The highest BCUT2D eigenvalue weighted by Gasteiger charge is 2.39. The molecule has 1 aromatic rings. The van der Waals surface area contributed by atoms with Crippen molar-refractivity contribution in [2.75, 3.05) is 20.7 Å². The van der Waals surface area contributed by atoms with Crippen LogP contribution >= 0.6 is 0 Å². The summed E-state index contributed by atoms with van der Waals surface area (Å²) in [6.07, 6.45) is 2.46. The molecule has 1 N–H and O–H groups in total. The smallest absolute Gasteiger partial charge is 0.409 e. The molecule has 0 heterocycles. The molecule has 0 spiro atoms. The number of ether oxygens (including phenoxy) is 1. The topological polar surface area (TPSA) is 58.6 Å². The maximum atomic E-state index is 12.1. The molecule has 2 rings (SSSR count). The molecule has 0 saturated heterocycles. The number of benzene rings is 1. The van der Waals surface area contributed by atoms with Crippen LogP contribution in [0.25, 0.3) is 0 Å². The standard InChI is InChI=1S/C15H20N2O3/c1-17(14(19)20-2)11-13(18)16-15(9-6-10-15)12-7-4-3-5-8-12/h3-5,7-8H,6,9-11H2,1-2H3,(H,16,18). The third-order valence-electron chi connectivity index (χ3n) is 3.78. The Morgan fingerprint density at radius 3 is 2.45 bits per heavy atom. The van der Waals surface area contributed by atoms with Gasteiger partial charge in [-0.05, 0) is 24.8 Å². The first-order valence-electron chi connectivity index (χ1n) is 6.73. The summed E-state index contributed by atoms with van der Waals surface area (Å²) in [4.78, 5) is 24.6. The lowest BCUT2D eigenvalue weighted by molar-refractivity contribution is -0.125. The Labute approximate surface area is 118 Å². The molecule has 2 amide bonds. The van der Waals surface area contributed by atoms with E-state index in [0.29, 0.717) is 0 Å². The Morgan fingerprint density at radius 2 is 1.95 bits per heavy atom. The van der Waals surface area contributed by atoms with Crippen LogP contribution in [-0.2, 0) is 15.1 Å². The van der Waals surface area contributed by atoms with E-state index in [4.69, 9.17) is 0 Å². The van der Waals surface area contributed by atoms with Crippen LogP contribution in [0.1, 0.15) is 24.8 Å². The number of rotatable bonds is 4. The van der Waals surface area contributed by atoms with Gasteiger partial charge in [0.2, 0.25) is 5.91 Å². The molecule has 0 bridgehead atoms. The number of likely N-dealkylation sites (N-methyl/N-ethyl adjacent to an activating group) is 1. The Balaban J connectivity index is 2.00. The number of hydrogen-bond donors (Lipinski definition) is 1. The third kappa shape index (κ3) is 2.92. The first-order valence-corrected chi connectivity index (χ1v) is 6.73. The van der Waals surface area contributed by atoms with E-state index in [-0.39, 0.29) is 18.0 Å². The van der Waals surface area contributed by atoms with Crippen molar-refractivity contribution in [2.24, 2.45) is 0 Å². The zero-order valence-corrected chi connectivity index (χ0v) is 11.9. The lowest BCUT2D eigenvalue weighted by Crippen LogP contribution is -2.53. The molecule has 1 aliphatic carbocycles. The average molecular weight is 276 g/mol. The van der Waals surface area contributed by atoms with Gasteiger partial charge in [-0.15, -0.1) is 0 Å². The zero-order chi connectivity index (χ0) is 14.6. The van der Waals surface area contributed by atoms with Gasteiger partial charge < -0.3 is 15.0 Å². The lowest BCUT2D eigenvalue weighted by atomic mass is 9.72. The van der Waals surface area contributed by atoms with Crippen LogP contribution in [0, 0.1) is 0 Å². The maximum absolute atomic E-state index is 12.1. The van der Waals surface area contributed by atoms with Gasteiger partial charge in [-0.3, -0.25) is 4.79 Å². The van der Waals surface area contributed by atoms with Crippen LogP contribution in [0.5, 0.6) is 0 Å². The monoisotopic (exact) mass is 276 g/mol. The van der Waals surface area contributed by atoms with E-state index in [1.165, 1.54) is 12.0 Å². The second kappa shape index (κ2) is 5.94. The molecule has 0 atom stereocenters. The molecule has 1 fully saturated rings. The summed E-state index contributed by atoms with van der Waals surface area (Å²) < 4.78 is 4.57. The summed E-state index contributed by atoms with van der Waals surface area (Å²) in [7, 11) is 2.84. The molecule has 0 unspecified atom stereocenters. The second-order valence-electron chi connectivity index (χ2n) is 5.18. The first kappa shape index (κ1) is 14.4. The normalized spacial score (nSPS) is 15.9. The third-order valence-corrected chi connectivity index (χ3v) is 3.78. The number of amides is 2. The van der Waals surface area contributed by atoms with Gasteiger partial charge in [0, 0.05) is 7.05 Å². The van der Waals surface area contributed by atoms with Gasteiger partial charge in [-0.1, -0.05) is 30.3 Å². The number of carbonyl (C=O) groups is 2. The maximum Gasteiger partial charge on any atom is 0.409 e. The highest BCUT2D eigenvalue weighted by molar-refractivity contribution is 5.82. The number of nitrogens with zero attached hydrogens (tertiary/aromatic N) is 1. The van der Waals surface area contributed by atoms with Crippen LogP contribution in [0.4, 0.5) is 4.79 Å². The number of carbonyl (C=O) groups excluding carboxylic acids is 2. The molecular formula is C15H20N2O3. The van der Waals surface area contributed by atoms with E-state index >= 15 is 0 Å². The summed E-state index contributed by atoms with van der Waals surface area (Å²) in [5.41, 5.74) is 0.857. The Hall–Kier alpha value is -2.04. The van der Waals surface area contributed by atoms with Crippen molar-refractivity contribution in [1.29, 1.82) is 0 Å². The fraction of sp³-hybridized carbons (Fsp3) is 0.467. The van der Waals surface area contributed by atoms with E-state index in [2.05, 4.69) is 10.1 Å². The minimum atomic E-state index is -0.512. The molecule has 1 aromatic carbocycles. The van der Waals surface area contributed by atoms with Crippen LogP contribution < -0.4 is 5.32 Å². The minimum absolute atomic E-state index is 0.00125. The SMILES string of the molecule is COC(=O)N(C)CC(=O)NC1(c2ccccc2)CCC1. The van der Waals surface area contributed by atoms with Gasteiger partial charge >= 0.3 is 6.09 Å². The van der Waals surface area contributed by atoms with Crippen molar-refractivity contribution in [3.8, 4) is 0 Å². The molecule has 108 valence electrons. The molecule has 0 aliphatic heterocycles. The lowest BCUT2D eigenvalue weighted by Gasteiger charge is -2.43. The second-order valence-corrected chi connectivity index (χ2v) is 5.18. The molecule has 0 aromatic heterocycles. The molecule has 5 heteroatoms. The molecule has 20 heavy (non-hydrogen) atoms. The Bertz CT molecular complexity index is 483. The van der Waals surface area contributed by atoms with E-state index in [1.807, 2.05) is 30.3 Å². The first-order chi connectivity index (χ1) is 9.57. The van der Waals surface area contributed by atoms with Crippen molar-refractivity contribution in [1.82, 2.24) is 10.2 Å². The van der Waals surface area contributed by atoms with Gasteiger partial charge in [0.15, 0.2) is 0 Å². The van der Waals surface area contributed by atoms with E-state index in [9.17, 15) is 9.59 Å². The Kier molecular flexibility index (Phi) is 4.27. The number of hydrogen-bond acceptors (Lipinski definition) is 3. The van der Waals surface area contributed by atoms with Gasteiger partial charge in [0.05, 0.1) is 12.6 Å². The van der Waals surface area contributed by atoms with Crippen molar-refractivity contribution >= 4 is 12.0 Å². The van der Waals surface area contributed by atoms with E-state index in [1.54, 1.807) is 7.05 Å². The zero-order valence-electron chi connectivity index (χ0n) is 11.9. The molecule has 5 nitrogen and oxygen atoms in total. The minimum Gasteiger partial charge on any atom is -0.453 e. The van der Waals surface area contributed by atoms with Gasteiger partial charge in [0.25, 0.3) is 0 Å². The highest BCUT2D eigenvalue weighted by Crippen LogP contribution is 2.41. The van der Waals surface area contributed by atoms with Gasteiger partial charge in [0.1, 0.15) is 6.54 Å². The quantitative estimate of drug-likeness (QED) is 0.913. The van der Waals surface area contributed by atoms with Crippen molar-refractivity contribution in [3.05, 3.63) is 35.9 Å². The highest BCUT2D eigenvalue weighted by atomic mass is 16.5. The molecule has 0 radical (unpaired) electrons. The van der Waals surface area contributed by atoms with Crippen LogP contribution in [-0.4, -0.2) is 37.6 Å². The number of nitrogens with one attached hydrogen (secondary N) is 1. The summed E-state index contributed by atoms with van der Waals surface area (Å²) in [6.45, 7) is 0.00125. The van der Waals surface area contributed by atoms with Crippen molar-refractivity contribution < 1.29 is 14.3 Å². The predicted octanol–water partition coefficient (Wildman–Crippen LogP) is 1.88. The summed E-state index contributed by atoms with van der Waals surface area (Å²) >= 11 is 0. The average Bonchev–Trinajstić information content (AvgIpc) is 2.42.